The minimum atomic E-state index is -3.48. The molecule has 0 aliphatic carbocycles. The molecule has 1 fully saturated rings. The van der Waals surface area contributed by atoms with Gasteiger partial charge in [-0.3, -0.25) is 4.79 Å². The molecule has 1 saturated heterocycles. The van der Waals surface area contributed by atoms with E-state index < -0.39 is 10.0 Å². The molecule has 1 aliphatic heterocycles. The maximum Gasteiger partial charge on any atom is 0.254 e. The van der Waals surface area contributed by atoms with Crippen molar-refractivity contribution in [2.75, 3.05) is 13.6 Å². The third-order valence-electron chi connectivity index (χ3n) is 4.10. The van der Waals surface area contributed by atoms with Crippen molar-refractivity contribution < 1.29 is 13.2 Å². The van der Waals surface area contributed by atoms with E-state index in [9.17, 15) is 13.2 Å². The van der Waals surface area contributed by atoms with E-state index in [1.165, 1.54) is 19.2 Å². The Labute approximate surface area is 143 Å². The standard InChI is InChI=1S/C15H23N3O3S.ClH/c1-11(16)14-5-3-4-10-18(14)15(19)12-6-8-13(9-7-12)22(20,21)17-2;/h6-9,11,14,17H,3-5,10,16H2,1-2H3;1H. The van der Waals surface area contributed by atoms with Gasteiger partial charge in [0.25, 0.3) is 5.91 Å². The van der Waals surface area contributed by atoms with Crippen LogP contribution in [0.25, 0.3) is 0 Å². The zero-order valence-corrected chi connectivity index (χ0v) is 15.0. The van der Waals surface area contributed by atoms with Crippen molar-refractivity contribution in [2.24, 2.45) is 5.73 Å². The summed E-state index contributed by atoms with van der Waals surface area (Å²) in [6.07, 6.45) is 2.96. The van der Waals surface area contributed by atoms with Gasteiger partial charge in [0.05, 0.1) is 4.90 Å². The number of benzene rings is 1. The number of carbonyl (C=O) groups excluding carboxylic acids is 1. The summed E-state index contributed by atoms with van der Waals surface area (Å²) in [7, 11) is -2.13. The highest BCUT2D eigenvalue weighted by molar-refractivity contribution is 7.89. The summed E-state index contributed by atoms with van der Waals surface area (Å²) < 4.78 is 25.7. The van der Waals surface area contributed by atoms with Gasteiger partial charge >= 0.3 is 0 Å². The average molecular weight is 362 g/mol. The molecule has 0 bridgehead atoms. The molecule has 0 aromatic heterocycles. The zero-order chi connectivity index (χ0) is 16.3. The van der Waals surface area contributed by atoms with Crippen LogP contribution in [0.2, 0.25) is 0 Å². The number of likely N-dealkylation sites (tertiary alicyclic amines) is 1. The predicted octanol–water partition coefficient (Wildman–Crippen LogP) is 1.36. The van der Waals surface area contributed by atoms with Crippen molar-refractivity contribution >= 4 is 28.3 Å². The summed E-state index contributed by atoms with van der Waals surface area (Å²) >= 11 is 0. The molecule has 23 heavy (non-hydrogen) atoms. The largest absolute Gasteiger partial charge is 0.334 e. The van der Waals surface area contributed by atoms with Crippen LogP contribution >= 0.6 is 12.4 Å². The number of carbonyl (C=O) groups is 1. The lowest BCUT2D eigenvalue weighted by atomic mass is 9.96. The molecule has 0 radical (unpaired) electrons. The second kappa shape index (κ2) is 8.10. The number of amides is 1. The van der Waals surface area contributed by atoms with Gasteiger partial charge in [-0.2, -0.15) is 0 Å². The molecule has 3 N–H and O–H groups in total. The van der Waals surface area contributed by atoms with Gasteiger partial charge in [-0.25, -0.2) is 13.1 Å². The van der Waals surface area contributed by atoms with E-state index in [0.717, 1.165) is 19.3 Å². The molecule has 2 rings (SSSR count). The maximum atomic E-state index is 12.7. The second-order valence-electron chi connectivity index (χ2n) is 5.65. The smallest absolute Gasteiger partial charge is 0.254 e. The van der Waals surface area contributed by atoms with Crippen LogP contribution in [-0.4, -0.2) is 44.9 Å². The van der Waals surface area contributed by atoms with Gasteiger partial charge in [0.2, 0.25) is 10.0 Å². The van der Waals surface area contributed by atoms with Crippen LogP contribution in [-0.2, 0) is 10.0 Å². The van der Waals surface area contributed by atoms with E-state index >= 15 is 0 Å². The molecule has 1 aliphatic rings. The van der Waals surface area contributed by atoms with Crippen molar-refractivity contribution in [3.63, 3.8) is 0 Å². The van der Waals surface area contributed by atoms with Gasteiger partial charge in [-0.05, 0) is 57.5 Å². The maximum absolute atomic E-state index is 12.7. The number of nitrogens with two attached hydrogens (primary N) is 1. The first kappa shape index (κ1) is 19.9. The fourth-order valence-corrected chi connectivity index (χ4v) is 3.55. The number of hydrogen-bond donors (Lipinski definition) is 2. The van der Waals surface area contributed by atoms with Crippen LogP contribution in [0.3, 0.4) is 0 Å². The molecule has 1 aromatic carbocycles. The molecule has 2 unspecified atom stereocenters. The molecular weight excluding hydrogens is 338 g/mol. The molecule has 2 atom stereocenters. The van der Waals surface area contributed by atoms with Gasteiger partial charge in [0.15, 0.2) is 0 Å². The Hall–Kier alpha value is -1.15. The highest BCUT2D eigenvalue weighted by Crippen LogP contribution is 2.22. The number of nitrogens with one attached hydrogen (secondary N) is 1. The van der Waals surface area contributed by atoms with E-state index in [-0.39, 0.29) is 35.3 Å². The van der Waals surface area contributed by atoms with Crippen LogP contribution in [0.1, 0.15) is 36.5 Å². The highest BCUT2D eigenvalue weighted by atomic mass is 35.5. The third kappa shape index (κ3) is 4.44. The van der Waals surface area contributed by atoms with Gasteiger partial charge in [-0.15, -0.1) is 12.4 Å². The Kier molecular flexibility index (Phi) is 7.01. The lowest BCUT2D eigenvalue weighted by Gasteiger charge is -2.38. The summed E-state index contributed by atoms with van der Waals surface area (Å²) in [5.41, 5.74) is 6.48. The predicted molar refractivity (Wildman–Crippen MR) is 92.3 cm³/mol. The number of sulfonamides is 1. The van der Waals surface area contributed by atoms with Crippen molar-refractivity contribution in [1.82, 2.24) is 9.62 Å². The topological polar surface area (TPSA) is 92.5 Å². The first-order valence-corrected chi connectivity index (χ1v) is 8.95. The summed E-state index contributed by atoms with van der Waals surface area (Å²) in [6.45, 7) is 2.61. The Balaban J connectivity index is 0.00000264. The minimum Gasteiger partial charge on any atom is -0.334 e. The Morgan fingerprint density at radius 3 is 2.43 bits per heavy atom. The van der Waals surface area contributed by atoms with Crippen LogP contribution in [0.15, 0.2) is 29.2 Å². The molecule has 8 heteroatoms. The van der Waals surface area contributed by atoms with E-state index in [0.29, 0.717) is 12.1 Å². The van der Waals surface area contributed by atoms with Crippen LogP contribution < -0.4 is 10.5 Å². The quantitative estimate of drug-likeness (QED) is 0.846. The Morgan fingerprint density at radius 1 is 1.30 bits per heavy atom. The number of hydrogen-bond acceptors (Lipinski definition) is 4. The van der Waals surface area contributed by atoms with Gasteiger partial charge in [0, 0.05) is 24.2 Å². The Morgan fingerprint density at radius 2 is 1.91 bits per heavy atom. The Bertz CT molecular complexity index is 632. The van der Waals surface area contributed by atoms with Gasteiger partial charge < -0.3 is 10.6 Å². The fraction of sp³-hybridized carbons (Fsp3) is 0.533. The molecule has 1 heterocycles. The lowest BCUT2D eigenvalue weighted by molar-refractivity contribution is 0.0583. The first-order valence-electron chi connectivity index (χ1n) is 7.47. The van der Waals surface area contributed by atoms with E-state index in [1.54, 1.807) is 12.1 Å². The van der Waals surface area contributed by atoms with Crippen LogP contribution in [0.5, 0.6) is 0 Å². The number of piperidine rings is 1. The molecule has 0 spiro atoms. The van der Waals surface area contributed by atoms with E-state index in [4.69, 9.17) is 5.73 Å². The highest BCUT2D eigenvalue weighted by Gasteiger charge is 2.29. The summed E-state index contributed by atoms with van der Waals surface area (Å²) in [5.74, 6) is -0.0876. The molecule has 6 nitrogen and oxygen atoms in total. The summed E-state index contributed by atoms with van der Waals surface area (Å²) in [6, 6.07) is 5.97. The first-order chi connectivity index (χ1) is 10.4. The van der Waals surface area contributed by atoms with Crippen molar-refractivity contribution in [1.29, 1.82) is 0 Å². The molecular formula is C15H24ClN3O3S. The van der Waals surface area contributed by atoms with Gasteiger partial charge in [0.1, 0.15) is 0 Å². The monoisotopic (exact) mass is 361 g/mol. The molecule has 1 amide bonds. The minimum absolute atomic E-state index is 0. The third-order valence-corrected chi connectivity index (χ3v) is 5.53. The normalized spacial score (nSPS) is 19.8. The van der Waals surface area contributed by atoms with Gasteiger partial charge in [-0.1, -0.05) is 0 Å². The van der Waals surface area contributed by atoms with Crippen molar-refractivity contribution in [3.05, 3.63) is 29.8 Å². The SMILES string of the molecule is CNS(=O)(=O)c1ccc(C(=O)N2CCCCC2C(C)N)cc1.Cl. The molecule has 130 valence electrons. The van der Waals surface area contributed by atoms with E-state index in [2.05, 4.69) is 4.72 Å². The van der Waals surface area contributed by atoms with E-state index in [1.807, 2.05) is 11.8 Å². The van der Waals surface area contributed by atoms with Crippen molar-refractivity contribution in [2.45, 2.75) is 43.2 Å². The number of halogens is 1. The lowest BCUT2D eigenvalue weighted by Crippen LogP contribution is -2.51. The van der Waals surface area contributed by atoms with Crippen LogP contribution in [0.4, 0.5) is 0 Å². The summed E-state index contributed by atoms with van der Waals surface area (Å²) in [5, 5.41) is 0. The zero-order valence-electron chi connectivity index (χ0n) is 13.4. The van der Waals surface area contributed by atoms with Crippen molar-refractivity contribution in [3.8, 4) is 0 Å². The summed E-state index contributed by atoms with van der Waals surface area (Å²) in [4.78, 5) is 14.6. The molecule has 0 saturated carbocycles. The number of rotatable bonds is 4. The van der Waals surface area contributed by atoms with Crippen LogP contribution in [0, 0.1) is 0 Å². The number of nitrogens with zero attached hydrogens (tertiary/aromatic N) is 1. The average Bonchev–Trinajstić information content (AvgIpc) is 2.54. The second-order valence-corrected chi connectivity index (χ2v) is 7.54. The fourth-order valence-electron chi connectivity index (χ4n) is 2.82. The molecule has 1 aromatic rings.